The lowest BCUT2D eigenvalue weighted by Gasteiger charge is -2.17. The molecule has 1 heteroatoms. The average Bonchev–Trinajstić information content (AvgIpc) is 1.88. The molecular weight excluding hydrogens is 112 g/mol. The lowest BCUT2D eigenvalue weighted by Crippen LogP contribution is -2.12. The Kier molecular flexibility index (Phi) is 2.10. The van der Waals surface area contributed by atoms with E-state index >= 15 is 0 Å². The molecule has 0 aromatic carbocycles. The van der Waals surface area contributed by atoms with Gasteiger partial charge in [0, 0.05) is 6.42 Å². The summed E-state index contributed by atoms with van der Waals surface area (Å²) in [6.07, 6.45) is 3.80. The average molecular weight is 124 g/mol. The minimum Gasteiger partial charge on any atom is -0.393 e. The predicted molar refractivity (Wildman–Crippen MR) is 37.1 cm³/mol. The molecule has 0 aliphatic heterocycles. The summed E-state index contributed by atoms with van der Waals surface area (Å²) in [5, 5.41) is 9.12. The van der Waals surface area contributed by atoms with E-state index in [2.05, 4.69) is 12.3 Å². The summed E-state index contributed by atoms with van der Waals surface area (Å²) in [6, 6.07) is 0. The standard InChI is InChI=1S/C8H12O/c1-2-7-4-3-5-8(9)6-7/h8-9H,1,3-6H2. The van der Waals surface area contributed by atoms with Crippen LogP contribution in [0.3, 0.4) is 0 Å². The molecule has 0 saturated heterocycles. The van der Waals surface area contributed by atoms with E-state index in [1.54, 1.807) is 0 Å². The van der Waals surface area contributed by atoms with Crippen molar-refractivity contribution in [2.75, 3.05) is 0 Å². The van der Waals surface area contributed by atoms with Crippen molar-refractivity contribution in [2.24, 2.45) is 0 Å². The normalized spacial score (nSPS) is 27.7. The van der Waals surface area contributed by atoms with E-state index in [9.17, 15) is 0 Å². The van der Waals surface area contributed by atoms with Gasteiger partial charge in [0.25, 0.3) is 0 Å². The van der Waals surface area contributed by atoms with E-state index in [1.165, 1.54) is 5.57 Å². The lowest BCUT2D eigenvalue weighted by molar-refractivity contribution is 0.149. The van der Waals surface area contributed by atoms with Gasteiger partial charge < -0.3 is 5.11 Å². The second-order valence-corrected chi connectivity index (χ2v) is 2.53. The highest BCUT2D eigenvalue weighted by atomic mass is 16.3. The van der Waals surface area contributed by atoms with Crippen LogP contribution in [0, 0.1) is 0 Å². The summed E-state index contributed by atoms with van der Waals surface area (Å²) in [5.41, 5.74) is 4.03. The van der Waals surface area contributed by atoms with Gasteiger partial charge in [-0.1, -0.05) is 6.58 Å². The van der Waals surface area contributed by atoms with Crippen LogP contribution in [0.5, 0.6) is 0 Å². The van der Waals surface area contributed by atoms with Crippen molar-refractivity contribution in [3.05, 3.63) is 17.9 Å². The molecule has 1 saturated carbocycles. The number of aliphatic hydroxyl groups is 1. The molecular formula is C8H12O. The Labute approximate surface area is 55.7 Å². The quantitative estimate of drug-likeness (QED) is 0.487. The third-order valence-electron chi connectivity index (χ3n) is 1.75. The largest absolute Gasteiger partial charge is 0.393 e. The van der Waals surface area contributed by atoms with E-state index in [4.69, 9.17) is 5.11 Å². The minimum absolute atomic E-state index is 0.122. The van der Waals surface area contributed by atoms with Crippen LogP contribution in [0.25, 0.3) is 0 Å². The summed E-state index contributed by atoms with van der Waals surface area (Å²) >= 11 is 0. The van der Waals surface area contributed by atoms with Gasteiger partial charge in [-0.05, 0) is 24.8 Å². The topological polar surface area (TPSA) is 20.2 Å². The molecule has 0 aromatic heterocycles. The van der Waals surface area contributed by atoms with E-state index in [0.29, 0.717) is 0 Å². The molecule has 1 nitrogen and oxygen atoms in total. The lowest BCUT2D eigenvalue weighted by atomic mass is 9.93. The van der Waals surface area contributed by atoms with Crippen LogP contribution in [0.2, 0.25) is 0 Å². The zero-order valence-electron chi connectivity index (χ0n) is 5.56. The number of rotatable bonds is 0. The SMILES string of the molecule is C=C=C1CCCC(O)C1. The Balaban J connectivity index is 2.51. The van der Waals surface area contributed by atoms with Gasteiger partial charge in [0.1, 0.15) is 0 Å². The molecule has 1 unspecified atom stereocenters. The fourth-order valence-corrected chi connectivity index (χ4v) is 1.20. The van der Waals surface area contributed by atoms with Crippen molar-refractivity contribution in [1.29, 1.82) is 0 Å². The smallest absolute Gasteiger partial charge is 0.0583 e. The molecule has 1 aliphatic carbocycles. The highest BCUT2D eigenvalue weighted by molar-refractivity contribution is 5.03. The molecule has 50 valence electrons. The van der Waals surface area contributed by atoms with Gasteiger partial charge >= 0.3 is 0 Å². The summed E-state index contributed by atoms with van der Waals surface area (Å²) in [5.74, 6) is 0. The third kappa shape index (κ3) is 1.70. The molecule has 1 fully saturated rings. The van der Waals surface area contributed by atoms with Crippen LogP contribution in [-0.4, -0.2) is 11.2 Å². The van der Waals surface area contributed by atoms with E-state index in [0.717, 1.165) is 25.7 Å². The van der Waals surface area contributed by atoms with Crippen LogP contribution < -0.4 is 0 Å². The Morgan fingerprint density at radius 1 is 1.67 bits per heavy atom. The molecule has 1 atom stereocenters. The van der Waals surface area contributed by atoms with Crippen LogP contribution >= 0.6 is 0 Å². The van der Waals surface area contributed by atoms with Gasteiger partial charge in [-0.3, -0.25) is 0 Å². The molecule has 0 heterocycles. The second-order valence-electron chi connectivity index (χ2n) is 2.53. The summed E-state index contributed by atoms with van der Waals surface area (Å²) in [6.45, 7) is 3.55. The third-order valence-corrected chi connectivity index (χ3v) is 1.75. The maximum absolute atomic E-state index is 9.12. The van der Waals surface area contributed by atoms with Crippen molar-refractivity contribution < 1.29 is 5.11 Å². The van der Waals surface area contributed by atoms with E-state index in [-0.39, 0.29) is 6.10 Å². The first-order valence-electron chi connectivity index (χ1n) is 3.39. The van der Waals surface area contributed by atoms with Crippen LogP contribution in [0.15, 0.2) is 17.9 Å². The van der Waals surface area contributed by atoms with Gasteiger partial charge in [0.2, 0.25) is 0 Å². The zero-order chi connectivity index (χ0) is 6.69. The Bertz CT molecular complexity index is 143. The van der Waals surface area contributed by atoms with Crippen molar-refractivity contribution >= 4 is 0 Å². The van der Waals surface area contributed by atoms with Crippen LogP contribution in [-0.2, 0) is 0 Å². The molecule has 9 heavy (non-hydrogen) atoms. The van der Waals surface area contributed by atoms with Crippen molar-refractivity contribution in [1.82, 2.24) is 0 Å². The van der Waals surface area contributed by atoms with Gasteiger partial charge in [-0.2, -0.15) is 0 Å². The van der Waals surface area contributed by atoms with Gasteiger partial charge in [0.05, 0.1) is 6.10 Å². The van der Waals surface area contributed by atoms with Gasteiger partial charge in [-0.15, -0.1) is 5.73 Å². The summed E-state index contributed by atoms with van der Waals surface area (Å²) in [4.78, 5) is 0. The molecule has 1 N–H and O–H groups in total. The number of aliphatic hydroxyl groups excluding tert-OH is 1. The Morgan fingerprint density at radius 3 is 2.89 bits per heavy atom. The van der Waals surface area contributed by atoms with E-state index in [1.807, 2.05) is 0 Å². The second kappa shape index (κ2) is 2.86. The monoisotopic (exact) mass is 124 g/mol. The molecule has 0 aromatic rings. The zero-order valence-corrected chi connectivity index (χ0v) is 5.56. The minimum atomic E-state index is -0.122. The van der Waals surface area contributed by atoms with Crippen molar-refractivity contribution in [3.63, 3.8) is 0 Å². The fraction of sp³-hybridized carbons (Fsp3) is 0.625. The molecule has 0 radical (unpaired) electrons. The maximum Gasteiger partial charge on any atom is 0.0583 e. The Morgan fingerprint density at radius 2 is 2.44 bits per heavy atom. The summed E-state index contributed by atoms with van der Waals surface area (Å²) in [7, 11) is 0. The van der Waals surface area contributed by atoms with Crippen LogP contribution in [0.4, 0.5) is 0 Å². The predicted octanol–water partition coefficient (Wildman–Crippen LogP) is 1.63. The van der Waals surface area contributed by atoms with Crippen molar-refractivity contribution in [2.45, 2.75) is 31.8 Å². The van der Waals surface area contributed by atoms with Crippen LogP contribution in [0.1, 0.15) is 25.7 Å². The highest BCUT2D eigenvalue weighted by Crippen LogP contribution is 2.21. The maximum atomic E-state index is 9.12. The Hall–Kier alpha value is -0.520. The molecule has 1 aliphatic rings. The molecule has 0 bridgehead atoms. The fourth-order valence-electron chi connectivity index (χ4n) is 1.20. The first kappa shape index (κ1) is 6.60. The summed E-state index contributed by atoms with van der Waals surface area (Å²) < 4.78 is 0. The highest BCUT2D eigenvalue weighted by Gasteiger charge is 2.12. The molecule has 0 spiro atoms. The van der Waals surface area contributed by atoms with E-state index < -0.39 is 0 Å². The number of hydrogen-bond donors (Lipinski definition) is 1. The first-order valence-corrected chi connectivity index (χ1v) is 3.39. The number of hydrogen-bond acceptors (Lipinski definition) is 1. The van der Waals surface area contributed by atoms with Gasteiger partial charge in [0.15, 0.2) is 0 Å². The van der Waals surface area contributed by atoms with Gasteiger partial charge in [-0.25, -0.2) is 0 Å². The first-order chi connectivity index (χ1) is 4.33. The van der Waals surface area contributed by atoms with Crippen molar-refractivity contribution in [3.8, 4) is 0 Å². The molecule has 1 rings (SSSR count). The molecule has 0 amide bonds.